The van der Waals surface area contributed by atoms with Crippen LogP contribution in [0, 0.1) is 0 Å². The van der Waals surface area contributed by atoms with E-state index in [1.807, 2.05) is 0 Å². The number of imide groups is 1. The number of hydrogen-bond donors (Lipinski definition) is 1. The summed E-state index contributed by atoms with van der Waals surface area (Å²) in [6, 6.07) is 4.46. The molecule has 2 aliphatic heterocycles. The van der Waals surface area contributed by atoms with E-state index < -0.39 is 17.5 Å². The van der Waals surface area contributed by atoms with Crippen LogP contribution in [0.2, 0.25) is 0 Å². The lowest BCUT2D eigenvalue weighted by atomic mass is 9.91. The van der Waals surface area contributed by atoms with Gasteiger partial charge in [-0.3, -0.25) is 14.5 Å². The van der Waals surface area contributed by atoms with E-state index in [9.17, 15) is 14.4 Å². The summed E-state index contributed by atoms with van der Waals surface area (Å²) >= 11 is 0. The number of urea groups is 1. The Labute approximate surface area is 132 Å². The highest BCUT2D eigenvalue weighted by molar-refractivity contribution is 6.09. The molecule has 8 heteroatoms. The minimum absolute atomic E-state index is 0.124. The fraction of sp³-hybridized carbons (Fsp3) is 0.400. The number of hydrogen-bond acceptors (Lipinski definition) is 5. The van der Waals surface area contributed by atoms with E-state index in [4.69, 9.17) is 9.47 Å². The van der Waals surface area contributed by atoms with Crippen LogP contribution in [0.4, 0.5) is 4.79 Å². The molecule has 122 valence electrons. The maximum absolute atomic E-state index is 12.7. The Morgan fingerprint density at radius 1 is 1.30 bits per heavy atom. The number of likely N-dealkylation sites (N-methyl/N-ethyl adjacent to an activating group) is 1. The van der Waals surface area contributed by atoms with Crippen molar-refractivity contribution in [3.8, 4) is 11.5 Å². The fourth-order valence-electron chi connectivity index (χ4n) is 2.52. The van der Waals surface area contributed by atoms with Crippen molar-refractivity contribution in [1.82, 2.24) is 15.1 Å². The molecule has 4 amide bonds. The molecule has 0 aliphatic carbocycles. The lowest BCUT2D eigenvalue weighted by Gasteiger charge is -2.22. The molecule has 1 saturated heterocycles. The van der Waals surface area contributed by atoms with Gasteiger partial charge in [-0.25, -0.2) is 4.79 Å². The van der Waals surface area contributed by atoms with Gasteiger partial charge in [0.1, 0.15) is 12.1 Å². The quantitative estimate of drug-likeness (QED) is 0.808. The van der Waals surface area contributed by atoms with Gasteiger partial charge in [-0.1, -0.05) is 6.07 Å². The molecule has 8 nitrogen and oxygen atoms in total. The first-order valence-electron chi connectivity index (χ1n) is 7.07. The van der Waals surface area contributed by atoms with Gasteiger partial charge in [0.05, 0.1) is 0 Å². The lowest BCUT2D eigenvalue weighted by Crippen LogP contribution is -2.43. The molecule has 0 radical (unpaired) electrons. The number of carbonyl (C=O) groups is 3. The van der Waals surface area contributed by atoms with E-state index in [2.05, 4.69) is 5.32 Å². The maximum atomic E-state index is 12.7. The summed E-state index contributed by atoms with van der Waals surface area (Å²) in [4.78, 5) is 38.9. The van der Waals surface area contributed by atoms with E-state index in [0.717, 1.165) is 4.90 Å². The fourth-order valence-corrected chi connectivity index (χ4v) is 2.52. The number of rotatable bonds is 3. The summed E-state index contributed by atoms with van der Waals surface area (Å²) in [7, 11) is 3.13. The summed E-state index contributed by atoms with van der Waals surface area (Å²) in [5.74, 6) is 0.308. The molecule has 1 N–H and O–H groups in total. The zero-order valence-corrected chi connectivity index (χ0v) is 13.1. The second-order valence-electron chi connectivity index (χ2n) is 5.80. The highest BCUT2D eigenvalue weighted by Crippen LogP contribution is 2.37. The zero-order valence-electron chi connectivity index (χ0n) is 13.1. The number of carbonyl (C=O) groups excluding carboxylic acids is 3. The van der Waals surface area contributed by atoms with Crippen LogP contribution >= 0.6 is 0 Å². The molecule has 1 fully saturated rings. The van der Waals surface area contributed by atoms with Crippen molar-refractivity contribution in [2.24, 2.45) is 0 Å². The molecular formula is C15H17N3O5. The van der Waals surface area contributed by atoms with Crippen molar-refractivity contribution >= 4 is 17.8 Å². The Bertz CT molecular complexity index is 702. The third-order valence-corrected chi connectivity index (χ3v) is 4.02. The second kappa shape index (κ2) is 5.15. The number of benzene rings is 1. The molecule has 0 saturated carbocycles. The zero-order chi connectivity index (χ0) is 16.8. The minimum Gasteiger partial charge on any atom is -0.454 e. The molecule has 2 aliphatic rings. The van der Waals surface area contributed by atoms with Crippen molar-refractivity contribution < 1.29 is 23.9 Å². The summed E-state index contributed by atoms with van der Waals surface area (Å²) in [5.41, 5.74) is -0.676. The smallest absolute Gasteiger partial charge is 0.325 e. The van der Waals surface area contributed by atoms with Gasteiger partial charge < -0.3 is 19.7 Å². The molecule has 1 atom stereocenters. The SMILES string of the molecule is CN(C)C(=O)CN1C(=O)N[C@@](C)(c2ccc3c(c2)OCO3)C1=O. The third kappa shape index (κ3) is 2.36. The number of amides is 4. The van der Waals surface area contributed by atoms with E-state index in [1.165, 1.54) is 4.90 Å². The standard InChI is InChI=1S/C15H17N3O5/c1-15(9-4-5-10-11(6-9)23-8-22-10)13(20)18(14(21)16-15)7-12(19)17(2)3/h4-6H,7-8H2,1-3H3,(H,16,21)/t15-/m0/s1. The monoisotopic (exact) mass is 319 g/mol. The van der Waals surface area contributed by atoms with Crippen LogP contribution in [0.5, 0.6) is 11.5 Å². The molecule has 1 aromatic carbocycles. The molecular weight excluding hydrogens is 302 g/mol. The van der Waals surface area contributed by atoms with Crippen LogP contribution in [-0.2, 0) is 15.1 Å². The van der Waals surface area contributed by atoms with Crippen molar-refractivity contribution in [1.29, 1.82) is 0 Å². The molecule has 0 aromatic heterocycles. The molecule has 0 spiro atoms. The van der Waals surface area contributed by atoms with Gasteiger partial charge in [-0.2, -0.15) is 0 Å². The summed E-state index contributed by atoms with van der Waals surface area (Å²) in [5, 5.41) is 2.65. The average molecular weight is 319 g/mol. The molecule has 0 unspecified atom stereocenters. The molecule has 2 heterocycles. The summed E-state index contributed by atoms with van der Waals surface area (Å²) in [6.07, 6.45) is 0. The van der Waals surface area contributed by atoms with Gasteiger partial charge in [0.2, 0.25) is 12.7 Å². The predicted octanol–water partition coefficient (Wildman–Crippen LogP) is 0.270. The number of ether oxygens (including phenoxy) is 2. The number of nitrogens with one attached hydrogen (secondary N) is 1. The lowest BCUT2D eigenvalue weighted by molar-refractivity contribution is -0.137. The van der Waals surface area contributed by atoms with Crippen LogP contribution in [0.1, 0.15) is 12.5 Å². The van der Waals surface area contributed by atoms with Crippen LogP contribution in [0.3, 0.4) is 0 Å². The van der Waals surface area contributed by atoms with Crippen molar-refractivity contribution in [3.05, 3.63) is 23.8 Å². The second-order valence-corrected chi connectivity index (χ2v) is 5.80. The largest absolute Gasteiger partial charge is 0.454 e. The van der Waals surface area contributed by atoms with E-state index in [1.54, 1.807) is 39.2 Å². The van der Waals surface area contributed by atoms with Gasteiger partial charge in [-0.05, 0) is 24.6 Å². The van der Waals surface area contributed by atoms with E-state index >= 15 is 0 Å². The minimum atomic E-state index is -1.25. The van der Waals surface area contributed by atoms with Crippen molar-refractivity contribution in [2.45, 2.75) is 12.5 Å². The van der Waals surface area contributed by atoms with Crippen LogP contribution < -0.4 is 14.8 Å². The highest BCUT2D eigenvalue weighted by atomic mass is 16.7. The first-order valence-corrected chi connectivity index (χ1v) is 7.07. The van der Waals surface area contributed by atoms with Gasteiger partial charge in [0.25, 0.3) is 5.91 Å². The van der Waals surface area contributed by atoms with Gasteiger partial charge in [0, 0.05) is 14.1 Å². The Kier molecular flexibility index (Phi) is 3.39. The Morgan fingerprint density at radius 2 is 2.00 bits per heavy atom. The Balaban J connectivity index is 1.89. The molecule has 3 rings (SSSR count). The summed E-state index contributed by atoms with van der Waals surface area (Å²) < 4.78 is 10.5. The van der Waals surface area contributed by atoms with E-state index in [0.29, 0.717) is 17.1 Å². The van der Waals surface area contributed by atoms with Crippen molar-refractivity contribution in [2.75, 3.05) is 27.4 Å². The van der Waals surface area contributed by atoms with Crippen LogP contribution in [0.15, 0.2) is 18.2 Å². The topological polar surface area (TPSA) is 88.2 Å². The van der Waals surface area contributed by atoms with E-state index in [-0.39, 0.29) is 19.2 Å². The molecule has 23 heavy (non-hydrogen) atoms. The first kappa shape index (κ1) is 15.1. The predicted molar refractivity (Wildman–Crippen MR) is 78.9 cm³/mol. The van der Waals surface area contributed by atoms with Gasteiger partial charge >= 0.3 is 6.03 Å². The van der Waals surface area contributed by atoms with Gasteiger partial charge in [0.15, 0.2) is 11.5 Å². The summed E-state index contributed by atoms with van der Waals surface area (Å²) in [6.45, 7) is 1.43. The number of fused-ring (bicyclic) bond motifs is 1. The first-order chi connectivity index (χ1) is 10.8. The Morgan fingerprint density at radius 3 is 2.70 bits per heavy atom. The van der Waals surface area contributed by atoms with Crippen molar-refractivity contribution in [3.63, 3.8) is 0 Å². The molecule has 1 aromatic rings. The maximum Gasteiger partial charge on any atom is 0.325 e. The number of nitrogens with zero attached hydrogens (tertiary/aromatic N) is 2. The third-order valence-electron chi connectivity index (χ3n) is 4.02. The average Bonchev–Trinajstić information content (AvgIpc) is 3.05. The highest BCUT2D eigenvalue weighted by Gasteiger charge is 2.50. The normalized spacial score (nSPS) is 22.3. The Hall–Kier alpha value is -2.77. The van der Waals surface area contributed by atoms with Crippen LogP contribution in [0.25, 0.3) is 0 Å². The van der Waals surface area contributed by atoms with Crippen LogP contribution in [-0.4, -0.2) is 55.1 Å². The van der Waals surface area contributed by atoms with Gasteiger partial charge in [-0.15, -0.1) is 0 Å². The molecule has 0 bridgehead atoms.